The minimum atomic E-state index is -0.174. The van der Waals surface area contributed by atoms with Crippen LogP contribution in [0.2, 0.25) is 0 Å². The second kappa shape index (κ2) is 9.72. The molecule has 7 nitrogen and oxygen atoms in total. The molecule has 10 heteroatoms. The van der Waals surface area contributed by atoms with Crippen LogP contribution >= 0.6 is 35.7 Å². The second-order valence-electron chi connectivity index (χ2n) is 7.32. The molecule has 0 spiro atoms. The van der Waals surface area contributed by atoms with E-state index in [1.165, 1.54) is 11.8 Å². The highest BCUT2D eigenvalue weighted by Gasteiger charge is 2.32. The van der Waals surface area contributed by atoms with E-state index in [9.17, 15) is 9.59 Å². The third-order valence-corrected chi connectivity index (χ3v) is 7.57. The van der Waals surface area contributed by atoms with Crippen molar-refractivity contribution in [3.8, 4) is 0 Å². The second-order valence-corrected chi connectivity index (χ2v) is 10.2. The Bertz CT molecular complexity index is 1110. The van der Waals surface area contributed by atoms with Crippen molar-refractivity contribution in [1.29, 1.82) is 0 Å². The van der Waals surface area contributed by atoms with Crippen LogP contribution in [0.4, 0.5) is 5.82 Å². The molecule has 4 heterocycles. The molecule has 31 heavy (non-hydrogen) atoms. The van der Waals surface area contributed by atoms with E-state index in [1.54, 1.807) is 28.7 Å². The van der Waals surface area contributed by atoms with Gasteiger partial charge in [-0.3, -0.25) is 18.9 Å². The fourth-order valence-corrected chi connectivity index (χ4v) is 5.83. The lowest BCUT2D eigenvalue weighted by molar-refractivity contribution is -0.122. The lowest BCUT2D eigenvalue weighted by Gasteiger charge is -2.29. The summed E-state index contributed by atoms with van der Waals surface area (Å²) < 4.78 is 7.15. The first-order valence-corrected chi connectivity index (χ1v) is 12.5. The topological polar surface area (TPSA) is 67.2 Å². The summed E-state index contributed by atoms with van der Waals surface area (Å²) in [5.41, 5.74) is 1.84. The van der Waals surface area contributed by atoms with E-state index in [-0.39, 0.29) is 11.5 Å². The molecule has 0 bridgehead atoms. The number of nitrogens with zero attached hydrogens (tertiary/aromatic N) is 4. The molecular weight excluding hydrogens is 452 g/mol. The van der Waals surface area contributed by atoms with Crippen molar-refractivity contribution in [2.45, 2.75) is 13.3 Å². The summed E-state index contributed by atoms with van der Waals surface area (Å²) in [5.74, 6) is 2.44. The maximum Gasteiger partial charge on any atom is 0.267 e. The Kier molecular flexibility index (Phi) is 7.00. The average Bonchev–Trinajstić information content (AvgIpc) is 3.04. The summed E-state index contributed by atoms with van der Waals surface area (Å²) in [7, 11) is 1.63. The highest BCUT2D eigenvalue weighted by molar-refractivity contribution is 8.26. The minimum absolute atomic E-state index is 0.167. The van der Waals surface area contributed by atoms with E-state index in [4.69, 9.17) is 21.9 Å². The van der Waals surface area contributed by atoms with Crippen molar-refractivity contribution in [2.24, 2.45) is 0 Å². The van der Waals surface area contributed by atoms with E-state index in [2.05, 4.69) is 4.90 Å². The highest BCUT2D eigenvalue weighted by Crippen LogP contribution is 2.34. The van der Waals surface area contributed by atoms with Crippen LogP contribution in [0.25, 0.3) is 11.7 Å². The minimum Gasteiger partial charge on any atom is -0.385 e. The highest BCUT2D eigenvalue weighted by atomic mass is 32.2. The summed E-state index contributed by atoms with van der Waals surface area (Å²) >= 11 is 8.55. The molecule has 0 unspecified atom stereocenters. The van der Waals surface area contributed by atoms with E-state index < -0.39 is 0 Å². The number of pyridine rings is 1. The molecule has 0 radical (unpaired) electrons. The van der Waals surface area contributed by atoms with Crippen molar-refractivity contribution in [3.05, 3.63) is 44.7 Å². The van der Waals surface area contributed by atoms with Crippen LogP contribution in [0.5, 0.6) is 0 Å². The van der Waals surface area contributed by atoms with Gasteiger partial charge >= 0.3 is 0 Å². The van der Waals surface area contributed by atoms with E-state index in [0.717, 1.165) is 30.2 Å². The van der Waals surface area contributed by atoms with Gasteiger partial charge in [-0.1, -0.05) is 30.0 Å². The van der Waals surface area contributed by atoms with Crippen LogP contribution in [0, 0.1) is 6.92 Å². The number of fused-ring (bicyclic) bond motifs is 1. The number of thiocarbonyl (C=S) groups is 1. The summed E-state index contributed by atoms with van der Waals surface area (Å²) in [6.07, 6.45) is 4.10. The molecule has 1 amide bonds. The first-order chi connectivity index (χ1) is 15.0. The van der Waals surface area contributed by atoms with E-state index >= 15 is 0 Å². The van der Waals surface area contributed by atoms with Crippen molar-refractivity contribution < 1.29 is 9.53 Å². The molecule has 2 aromatic heterocycles. The quantitative estimate of drug-likeness (QED) is 0.358. The number of thioether (sulfide) groups is 2. The first kappa shape index (κ1) is 22.3. The molecule has 4 rings (SSSR count). The lowest BCUT2D eigenvalue weighted by atomic mass is 10.2. The summed E-state index contributed by atoms with van der Waals surface area (Å²) in [6, 6.07) is 3.78. The predicted molar refractivity (Wildman–Crippen MR) is 132 cm³/mol. The Hall–Kier alpha value is -1.88. The lowest BCUT2D eigenvalue weighted by Crippen LogP contribution is -2.36. The molecule has 2 saturated heterocycles. The van der Waals surface area contributed by atoms with Gasteiger partial charge in [0, 0.05) is 51.1 Å². The monoisotopic (exact) mass is 476 g/mol. The Morgan fingerprint density at radius 3 is 2.81 bits per heavy atom. The molecule has 0 N–H and O–H groups in total. The number of carbonyl (C=O) groups is 1. The van der Waals surface area contributed by atoms with Crippen LogP contribution in [-0.2, 0) is 9.53 Å². The van der Waals surface area contributed by atoms with Gasteiger partial charge in [0.2, 0.25) is 0 Å². The van der Waals surface area contributed by atoms with Gasteiger partial charge in [-0.2, -0.15) is 11.8 Å². The third-order valence-electron chi connectivity index (χ3n) is 5.25. The number of anilines is 1. The van der Waals surface area contributed by atoms with Crippen molar-refractivity contribution in [1.82, 2.24) is 14.3 Å². The van der Waals surface area contributed by atoms with Crippen LogP contribution in [0.15, 0.2) is 28.0 Å². The zero-order valence-electron chi connectivity index (χ0n) is 17.5. The molecule has 2 aromatic rings. The Labute approximate surface area is 194 Å². The number of ether oxygens (including phenoxy) is 1. The van der Waals surface area contributed by atoms with E-state index in [1.807, 2.05) is 30.8 Å². The molecule has 2 fully saturated rings. The number of carbonyl (C=O) groups excluding carboxylic acids is 1. The standard InChI is InChI=1S/C21H24N4O3S3/c1-14-5-3-6-24-17(14)22-18(23-8-11-30-12-9-23)15(19(24)26)13-16-20(27)25(21(29)31-16)7-4-10-28-2/h3,5-6,13H,4,7-12H2,1-2H3/b16-13-. The maximum absolute atomic E-state index is 13.5. The average molecular weight is 477 g/mol. The maximum atomic E-state index is 13.5. The van der Waals surface area contributed by atoms with Gasteiger partial charge in [0.25, 0.3) is 11.5 Å². The first-order valence-electron chi connectivity index (χ1n) is 10.1. The van der Waals surface area contributed by atoms with Gasteiger partial charge in [0.05, 0.1) is 10.5 Å². The SMILES string of the molecule is COCCCN1C(=O)/C(=C/c2c(N3CCSCC3)nc3c(C)cccn3c2=O)SC1=S. The van der Waals surface area contributed by atoms with Crippen LogP contribution in [-0.4, -0.2) is 69.4 Å². The summed E-state index contributed by atoms with van der Waals surface area (Å²) in [5, 5.41) is 0. The number of hydrogen-bond donors (Lipinski definition) is 0. The van der Waals surface area contributed by atoms with Gasteiger partial charge in [-0.15, -0.1) is 0 Å². The Balaban J connectivity index is 1.79. The summed E-state index contributed by atoms with van der Waals surface area (Å²) in [6.45, 7) is 4.64. The van der Waals surface area contributed by atoms with Gasteiger partial charge in [0.1, 0.15) is 15.8 Å². The number of amides is 1. The van der Waals surface area contributed by atoms with Crippen LogP contribution < -0.4 is 10.5 Å². The molecule has 0 aromatic carbocycles. The Morgan fingerprint density at radius 2 is 2.06 bits per heavy atom. The van der Waals surface area contributed by atoms with Crippen molar-refractivity contribution in [2.75, 3.05) is 49.8 Å². The molecular formula is C21H24N4O3S3. The van der Waals surface area contributed by atoms with Gasteiger partial charge in [0.15, 0.2) is 0 Å². The molecule has 0 aliphatic carbocycles. The van der Waals surface area contributed by atoms with Gasteiger partial charge < -0.3 is 9.64 Å². The molecule has 0 saturated carbocycles. The molecule has 0 atom stereocenters. The number of methoxy groups -OCH3 is 1. The zero-order valence-corrected chi connectivity index (χ0v) is 19.9. The number of hydrogen-bond acceptors (Lipinski definition) is 8. The number of aromatic nitrogens is 2. The van der Waals surface area contributed by atoms with Crippen molar-refractivity contribution in [3.63, 3.8) is 0 Å². The third kappa shape index (κ3) is 4.52. The fourth-order valence-electron chi connectivity index (χ4n) is 3.63. The summed E-state index contributed by atoms with van der Waals surface area (Å²) in [4.78, 5) is 35.5. The molecule has 2 aliphatic heterocycles. The molecule has 164 valence electrons. The van der Waals surface area contributed by atoms with Crippen LogP contribution in [0.1, 0.15) is 17.5 Å². The van der Waals surface area contributed by atoms with Crippen molar-refractivity contribution >= 4 is 63.5 Å². The Morgan fingerprint density at radius 1 is 1.29 bits per heavy atom. The predicted octanol–water partition coefficient (Wildman–Crippen LogP) is 2.79. The number of aryl methyl sites for hydroxylation is 1. The van der Waals surface area contributed by atoms with Crippen LogP contribution in [0.3, 0.4) is 0 Å². The van der Waals surface area contributed by atoms with Gasteiger partial charge in [-0.25, -0.2) is 4.98 Å². The number of rotatable bonds is 6. The van der Waals surface area contributed by atoms with Gasteiger partial charge in [-0.05, 0) is 31.1 Å². The fraction of sp³-hybridized carbons (Fsp3) is 0.429. The normalized spacial score (nSPS) is 18.6. The largest absolute Gasteiger partial charge is 0.385 e. The van der Waals surface area contributed by atoms with E-state index in [0.29, 0.717) is 45.8 Å². The molecule has 2 aliphatic rings. The zero-order chi connectivity index (χ0) is 22.0. The smallest absolute Gasteiger partial charge is 0.267 e.